The second kappa shape index (κ2) is 15.2. The maximum atomic E-state index is 12.5. The van der Waals surface area contributed by atoms with Crippen LogP contribution < -0.4 is 29.6 Å². The van der Waals surface area contributed by atoms with Crippen LogP contribution in [0, 0.1) is 0 Å². The number of carbonyl (C=O) groups is 2. The second-order valence-corrected chi connectivity index (χ2v) is 6.37. The number of hydrogen-bond acceptors (Lipinski definition) is 2. The Bertz CT molecular complexity index is 440. The molecule has 0 rings (SSSR count). The molecule has 27 heavy (non-hydrogen) atoms. The normalized spacial score (nSPS) is 11.7. The molecule has 0 aliphatic heterocycles. The third-order valence-corrected chi connectivity index (χ3v) is 3.37. The van der Waals surface area contributed by atoms with Gasteiger partial charge in [0, 0.05) is 34.1 Å². The van der Waals surface area contributed by atoms with E-state index in [9.17, 15) is 44.7 Å². The standard InChI is InChI=1S/C7H9BrF4O.C7H10F4O.B.Na.H/c1-5(13)3-2-4-6(9,10)7(8,11)12;1-5(12)3-2-4-7(10,11)6(8)9;;;/h2-4H2,1H3;6H,2-4H2,1H3;;;/q;;;+1;-1. The smallest absolute Gasteiger partial charge is 1.00 e. The van der Waals surface area contributed by atoms with Crippen LogP contribution in [0.5, 0.6) is 0 Å². The second-order valence-electron chi connectivity index (χ2n) is 5.38. The minimum Gasteiger partial charge on any atom is -1.00 e. The monoisotopic (exact) mass is 485 g/mol. The molecule has 0 N–H and O–H groups in total. The van der Waals surface area contributed by atoms with Crippen LogP contribution in [0.15, 0.2) is 0 Å². The first-order chi connectivity index (χ1) is 11.0. The van der Waals surface area contributed by atoms with E-state index in [0.717, 1.165) is 0 Å². The van der Waals surface area contributed by atoms with Gasteiger partial charge >= 0.3 is 52.7 Å². The molecule has 0 amide bonds. The minimum absolute atomic E-state index is 0. The average molecular weight is 486 g/mol. The van der Waals surface area contributed by atoms with Crippen LogP contribution in [-0.2, 0) is 9.59 Å². The SMILES string of the molecule is CC(=O)CCCC(F)(F)C(F)(F)Br.CC(=O)CCCC(F)(F)C(F)F.[B].[H-].[Na+]. The summed E-state index contributed by atoms with van der Waals surface area (Å²) in [5.74, 6) is -8.59. The molecule has 0 aliphatic carbocycles. The van der Waals surface area contributed by atoms with Crippen molar-refractivity contribution in [3.05, 3.63) is 0 Å². The summed E-state index contributed by atoms with van der Waals surface area (Å²) >= 11 is 1.60. The molecule has 0 aromatic rings. The summed E-state index contributed by atoms with van der Waals surface area (Å²) in [6.07, 6.45) is -6.14. The van der Waals surface area contributed by atoms with Crippen molar-refractivity contribution in [3.63, 3.8) is 0 Å². The van der Waals surface area contributed by atoms with Gasteiger partial charge in [-0.25, -0.2) is 17.6 Å². The molecule has 3 radical (unpaired) electrons. The van der Waals surface area contributed by atoms with Crippen LogP contribution in [-0.4, -0.2) is 43.1 Å². The van der Waals surface area contributed by atoms with Gasteiger partial charge in [-0.05, 0) is 42.6 Å². The van der Waals surface area contributed by atoms with Gasteiger partial charge in [-0.15, -0.1) is 0 Å². The fourth-order valence-electron chi connectivity index (χ4n) is 1.38. The quantitative estimate of drug-likeness (QED) is 0.271. The molecule has 0 fully saturated rings. The van der Waals surface area contributed by atoms with Crippen molar-refractivity contribution in [2.45, 2.75) is 75.5 Å². The molecular formula is C14H20BBrF8NaO2. The van der Waals surface area contributed by atoms with E-state index < -0.39 is 35.9 Å². The van der Waals surface area contributed by atoms with E-state index in [4.69, 9.17) is 0 Å². The Morgan fingerprint density at radius 2 is 1.22 bits per heavy atom. The summed E-state index contributed by atoms with van der Waals surface area (Å²) in [5.41, 5.74) is 0. The van der Waals surface area contributed by atoms with E-state index in [0.29, 0.717) is 0 Å². The first-order valence-electron chi connectivity index (χ1n) is 7.12. The molecule has 0 atom stereocenters. The first kappa shape index (κ1) is 34.8. The number of carbonyl (C=O) groups excluding carboxylic acids is 2. The van der Waals surface area contributed by atoms with Crippen molar-refractivity contribution in [1.82, 2.24) is 0 Å². The predicted octanol–water partition coefficient (Wildman–Crippen LogP) is 2.75. The van der Waals surface area contributed by atoms with Crippen molar-refractivity contribution in [3.8, 4) is 0 Å². The Kier molecular flexibility index (Phi) is 19.6. The van der Waals surface area contributed by atoms with E-state index >= 15 is 0 Å². The molecule has 0 saturated carbocycles. The van der Waals surface area contributed by atoms with Gasteiger partial charge in [0.15, 0.2) is 0 Å². The van der Waals surface area contributed by atoms with E-state index in [1.165, 1.54) is 13.8 Å². The Hall–Kier alpha value is 0.325. The van der Waals surface area contributed by atoms with Crippen molar-refractivity contribution < 1.29 is 75.7 Å². The van der Waals surface area contributed by atoms with Crippen molar-refractivity contribution in [2.75, 3.05) is 0 Å². The molecule has 0 spiro atoms. The van der Waals surface area contributed by atoms with E-state index in [2.05, 4.69) is 0 Å². The molecule has 0 saturated heterocycles. The number of Topliss-reactive ketones (excluding diaryl/α,β-unsaturated/α-hetero) is 2. The topological polar surface area (TPSA) is 34.1 Å². The van der Waals surface area contributed by atoms with Gasteiger partial charge < -0.3 is 11.0 Å². The van der Waals surface area contributed by atoms with Gasteiger partial charge in [-0.2, -0.15) is 17.6 Å². The summed E-state index contributed by atoms with van der Waals surface area (Å²) in [4.78, 5) is 16.4. The zero-order valence-corrected chi connectivity index (χ0v) is 18.7. The Labute approximate surface area is 186 Å². The number of alkyl halides is 9. The van der Waals surface area contributed by atoms with Crippen LogP contribution >= 0.6 is 15.9 Å². The molecule has 0 aromatic carbocycles. The van der Waals surface area contributed by atoms with E-state index in [1.54, 1.807) is 15.9 Å². The summed E-state index contributed by atoms with van der Waals surface area (Å²) in [6, 6.07) is 0. The van der Waals surface area contributed by atoms with Crippen LogP contribution in [0.2, 0.25) is 0 Å². The molecular weight excluding hydrogens is 466 g/mol. The molecule has 0 heterocycles. The molecule has 2 nitrogen and oxygen atoms in total. The third-order valence-electron chi connectivity index (χ3n) is 2.79. The zero-order chi connectivity index (χ0) is 20.5. The maximum absolute atomic E-state index is 12.5. The van der Waals surface area contributed by atoms with Crippen LogP contribution in [0.3, 0.4) is 0 Å². The maximum Gasteiger partial charge on any atom is 1.00 e. The first-order valence-corrected chi connectivity index (χ1v) is 7.91. The number of hydrogen-bond donors (Lipinski definition) is 0. The zero-order valence-electron chi connectivity index (χ0n) is 16.1. The van der Waals surface area contributed by atoms with E-state index in [1.807, 2.05) is 0 Å². The molecule has 0 aromatic heterocycles. The Morgan fingerprint density at radius 1 is 0.889 bits per heavy atom. The summed E-state index contributed by atoms with van der Waals surface area (Å²) in [7, 11) is 0. The third kappa shape index (κ3) is 18.1. The Morgan fingerprint density at radius 3 is 1.48 bits per heavy atom. The summed E-state index contributed by atoms with van der Waals surface area (Å²) in [6.45, 7) is 2.46. The van der Waals surface area contributed by atoms with Crippen molar-refractivity contribution in [1.29, 1.82) is 0 Å². The molecule has 0 unspecified atom stereocenters. The number of rotatable bonds is 10. The van der Waals surface area contributed by atoms with Gasteiger partial charge in [0.05, 0.1) is 0 Å². The summed E-state index contributed by atoms with van der Waals surface area (Å²) < 4.78 is 96.4. The van der Waals surface area contributed by atoms with Crippen molar-refractivity contribution >= 4 is 35.9 Å². The number of halogens is 9. The predicted molar refractivity (Wildman–Crippen MR) is 85.7 cm³/mol. The van der Waals surface area contributed by atoms with Crippen LogP contribution in [0.1, 0.15) is 53.8 Å². The average Bonchev–Trinajstić information content (AvgIpc) is 2.36. The largest absolute Gasteiger partial charge is 1.00 e. The summed E-state index contributed by atoms with van der Waals surface area (Å²) in [5, 5.41) is 0. The van der Waals surface area contributed by atoms with Gasteiger partial charge in [-0.1, -0.05) is 0 Å². The number of ketones is 2. The molecule has 0 aliphatic rings. The Balaban J connectivity index is -0.000000114. The van der Waals surface area contributed by atoms with Crippen LogP contribution in [0.25, 0.3) is 0 Å². The molecule has 155 valence electrons. The van der Waals surface area contributed by atoms with Gasteiger partial charge in [0.1, 0.15) is 11.6 Å². The fourth-order valence-corrected chi connectivity index (χ4v) is 1.58. The van der Waals surface area contributed by atoms with Gasteiger partial charge in [0.2, 0.25) is 0 Å². The molecule has 0 bridgehead atoms. The van der Waals surface area contributed by atoms with Crippen molar-refractivity contribution in [2.24, 2.45) is 0 Å². The minimum atomic E-state index is -4.20. The van der Waals surface area contributed by atoms with E-state index in [-0.39, 0.29) is 76.6 Å². The van der Waals surface area contributed by atoms with Gasteiger partial charge in [0.25, 0.3) is 0 Å². The molecule has 13 heteroatoms. The van der Waals surface area contributed by atoms with Crippen LogP contribution in [0.4, 0.5) is 35.1 Å². The fraction of sp³-hybridized carbons (Fsp3) is 0.857. The van der Waals surface area contributed by atoms with Gasteiger partial charge in [-0.3, -0.25) is 0 Å².